The average Bonchev–Trinajstić information content (AvgIpc) is 2.59. The molecule has 170 valence electrons. The molecule has 0 aliphatic heterocycles. The molecule has 0 unspecified atom stereocenters. The summed E-state index contributed by atoms with van der Waals surface area (Å²) in [6.07, 6.45) is 0.908. The number of rotatable bonds is 9. The molecule has 1 amide bonds. The highest BCUT2D eigenvalue weighted by atomic mass is 28.4. The fourth-order valence-electron chi connectivity index (χ4n) is 4.07. The van der Waals surface area contributed by atoms with Crippen LogP contribution < -0.4 is 5.32 Å². The van der Waals surface area contributed by atoms with Crippen molar-refractivity contribution >= 4 is 20.4 Å². The fraction of sp³-hybridized carbons (Fsp3) is 0.714. The number of hydrogen-bond donors (Lipinski definition) is 2. The molecule has 1 rings (SSSR count). The lowest BCUT2D eigenvalue weighted by Gasteiger charge is -2.44. The van der Waals surface area contributed by atoms with E-state index in [0.29, 0.717) is 0 Å². The molecular weight excluding hydrogens is 402 g/mol. The minimum absolute atomic E-state index is 0.162. The van der Waals surface area contributed by atoms with Crippen molar-refractivity contribution in [3.05, 3.63) is 24.3 Å². The Morgan fingerprint density at radius 3 is 1.83 bits per heavy atom. The number of carboxylic acid groups (broad SMARTS) is 1. The van der Waals surface area contributed by atoms with Crippen LogP contribution in [0.1, 0.15) is 74.2 Å². The van der Waals surface area contributed by atoms with E-state index in [-0.39, 0.29) is 22.4 Å². The summed E-state index contributed by atoms with van der Waals surface area (Å²) in [6, 6.07) is 0.529. The number of nitrogens with one attached hydrogen (secondary N) is 1. The average molecular weight is 440 g/mol. The van der Waals surface area contributed by atoms with E-state index in [1.165, 1.54) is 12.4 Å². The van der Waals surface area contributed by atoms with Gasteiger partial charge in [-0.2, -0.15) is 0 Å². The lowest BCUT2D eigenvalue weighted by atomic mass is 10.1. The van der Waals surface area contributed by atoms with Crippen LogP contribution in [0.3, 0.4) is 0 Å². The van der Waals surface area contributed by atoms with Gasteiger partial charge in [0.25, 0.3) is 0 Å². The molecule has 0 spiro atoms. The summed E-state index contributed by atoms with van der Waals surface area (Å²) in [5.74, 6) is -1.02. The maximum Gasteiger partial charge on any atom is 0.408 e. The summed E-state index contributed by atoms with van der Waals surface area (Å²) < 4.78 is 11.9. The van der Waals surface area contributed by atoms with E-state index in [1.807, 2.05) is 0 Å². The van der Waals surface area contributed by atoms with Crippen LogP contribution in [0.5, 0.6) is 0 Å². The summed E-state index contributed by atoms with van der Waals surface area (Å²) in [5.41, 5.74) is -0.243. The standard InChI is InChI=1S/C21H37N3O5Si/c1-13(2)30(14(3)4,15(5)6)29-17(19(25)26)16(18-22-11-10-12-23-18)24-20(27)28-21(7,8)9/h10-17H,1-9H3,(H,24,27)(H,25,26)/t16-,17-/m1/s1. The molecule has 1 aromatic rings. The maximum absolute atomic E-state index is 12.5. The highest BCUT2D eigenvalue weighted by Gasteiger charge is 2.50. The van der Waals surface area contributed by atoms with Crippen molar-refractivity contribution in [1.82, 2.24) is 15.3 Å². The van der Waals surface area contributed by atoms with Gasteiger partial charge < -0.3 is 19.6 Å². The van der Waals surface area contributed by atoms with Gasteiger partial charge in [0.05, 0.1) is 0 Å². The smallest absolute Gasteiger partial charge is 0.408 e. The number of alkyl carbamates (subject to hydrolysis) is 1. The van der Waals surface area contributed by atoms with Crippen LogP contribution in [0.15, 0.2) is 18.5 Å². The normalized spacial score (nSPS) is 14.7. The summed E-state index contributed by atoms with van der Waals surface area (Å²) in [4.78, 5) is 33.3. The molecule has 0 aliphatic carbocycles. The van der Waals surface area contributed by atoms with E-state index in [1.54, 1.807) is 26.8 Å². The summed E-state index contributed by atoms with van der Waals surface area (Å²) in [7, 11) is -2.58. The Balaban J connectivity index is 3.44. The molecule has 0 saturated heterocycles. The third-order valence-electron chi connectivity index (χ3n) is 5.12. The Morgan fingerprint density at radius 2 is 1.47 bits per heavy atom. The number of aromatic nitrogens is 2. The minimum Gasteiger partial charge on any atom is -0.479 e. The van der Waals surface area contributed by atoms with Gasteiger partial charge in [0.1, 0.15) is 11.6 Å². The number of aliphatic carboxylic acids is 1. The number of carboxylic acids is 1. The second-order valence-corrected chi connectivity index (χ2v) is 14.8. The van der Waals surface area contributed by atoms with E-state index >= 15 is 0 Å². The number of carbonyl (C=O) groups is 2. The molecule has 0 aromatic carbocycles. The quantitative estimate of drug-likeness (QED) is 0.537. The van der Waals surface area contributed by atoms with Crippen LogP contribution in [0.25, 0.3) is 0 Å². The third-order valence-corrected chi connectivity index (χ3v) is 11.2. The molecule has 0 radical (unpaired) electrons. The highest BCUT2D eigenvalue weighted by molar-refractivity contribution is 6.77. The Bertz CT molecular complexity index is 683. The Labute approximate surface area is 180 Å². The molecule has 0 saturated carbocycles. The Morgan fingerprint density at radius 1 is 1.00 bits per heavy atom. The SMILES string of the molecule is CC(C)[Si](O[C@@H](C(=O)O)[C@@H](NC(=O)OC(C)(C)C)c1ncccn1)(C(C)C)C(C)C. The zero-order valence-corrected chi connectivity index (χ0v) is 20.6. The van der Waals surface area contributed by atoms with Crippen LogP contribution in [0, 0.1) is 0 Å². The van der Waals surface area contributed by atoms with Gasteiger partial charge in [-0.15, -0.1) is 0 Å². The van der Waals surface area contributed by atoms with Crippen molar-refractivity contribution < 1.29 is 23.9 Å². The van der Waals surface area contributed by atoms with Gasteiger partial charge in [-0.25, -0.2) is 19.6 Å². The first-order valence-electron chi connectivity index (χ1n) is 10.4. The molecule has 1 aromatic heterocycles. The van der Waals surface area contributed by atoms with Gasteiger partial charge in [0.15, 0.2) is 11.9 Å². The van der Waals surface area contributed by atoms with Crippen molar-refractivity contribution in [2.45, 2.75) is 96.7 Å². The number of ether oxygens (including phenoxy) is 1. The van der Waals surface area contributed by atoms with Gasteiger partial charge in [-0.3, -0.25) is 0 Å². The van der Waals surface area contributed by atoms with Crippen LogP contribution >= 0.6 is 0 Å². The fourth-order valence-corrected chi connectivity index (χ4v) is 9.56. The van der Waals surface area contributed by atoms with Gasteiger partial charge in [0.2, 0.25) is 8.32 Å². The van der Waals surface area contributed by atoms with Gasteiger partial charge in [-0.05, 0) is 43.5 Å². The lowest BCUT2D eigenvalue weighted by Crippen LogP contribution is -2.55. The summed E-state index contributed by atoms with van der Waals surface area (Å²) >= 11 is 0. The molecule has 9 heteroatoms. The molecule has 1 heterocycles. The number of carbonyl (C=O) groups excluding carboxylic acids is 1. The first-order valence-corrected chi connectivity index (χ1v) is 12.5. The van der Waals surface area contributed by atoms with Crippen LogP contribution in [-0.2, 0) is 14.0 Å². The summed E-state index contributed by atoms with van der Waals surface area (Å²) in [6.45, 7) is 17.6. The molecule has 2 atom stereocenters. The predicted octanol–water partition coefficient (Wildman–Crippen LogP) is 4.69. The molecule has 0 aliphatic rings. The molecule has 8 nitrogen and oxygen atoms in total. The van der Waals surface area contributed by atoms with Gasteiger partial charge in [-0.1, -0.05) is 41.5 Å². The van der Waals surface area contributed by atoms with Crippen LogP contribution in [0.4, 0.5) is 4.79 Å². The predicted molar refractivity (Wildman–Crippen MR) is 118 cm³/mol. The van der Waals surface area contributed by atoms with Gasteiger partial charge >= 0.3 is 12.1 Å². The largest absolute Gasteiger partial charge is 0.479 e. The maximum atomic E-state index is 12.5. The summed E-state index contributed by atoms with van der Waals surface area (Å²) in [5, 5.41) is 12.7. The van der Waals surface area contributed by atoms with E-state index in [2.05, 4.69) is 56.8 Å². The van der Waals surface area contributed by atoms with Crippen molar-refractivity contribution in [3.8, 4) is 0 Å². The molecule has 0 fully saturated rings. The molecular formula is C21H37N3O5Si. The minimum atomic E-state index is -2.58. The van der Waals surface area contributed by atoms with Crippen molar-refractivity contribution in [2.75, 3.05) is 0 Å². The van der Waals surface area contributed by atoms with Crippen molar-refractivity contribution in [1.29, 1.82) is 0 Å². The zero-order valence-electron chi connectivity index (χ0n) is 19.6. The topological polar surface area (TPSA) is 111 Å². The first-order chi connectivity index (χ1) is 13.7. The highest BCUT2D eigenvalue weighted by Crippen LogP contribution is 2.44. The van der Waals surface area contributed by atoms with E-state index in [9.17, 15) is 14.7 Å². The lowest BCUT2D eigenvalue weighted by molar-refractivity contribution is -0.147. The van der Waals surface area contributed by atoms with E-state index < -0.39 is 38.1 Å². The first kappa shape index (κ1) is 26.0. The third kappa shape index (κ3) is 6.50. The molecule has 0 bridgehead atoms. The number of hydrogen-bond acceptors (Lipinski definition) is 6. The van der Waals surface area contributed by atoms with E-state index in [4.69, 9.17) is 9.16 Å². The number of nitrogens with zero attached hydrogens (tertiary/aromatic N) is 2. The second kappa shape index (κ2) is 10.3. The zero-order chi connectivity index (χ0) is 23.3. The van der Waals surface area contributed by atoms with Crippen LogP contribution in [-0.4, -0.2) is 47.2 Å². The van der Waals surface area contributed by atoms with Crippen LogP contribution in [0.2, 0.25) is 16.6 Å². The monoisotopic (exact) mass is 439 g/mol. The van der Waals surface area contributed by atoms with Crippen molar-refractivity contribution in [2.24, 2.45) is 0 Å². The number of amides is 1. The van der Waals surface area contributed by atoms with E-state index in [0.717, 1.165) is 0 Å². The van der Waals surface area contributed by atoms with Crippen molar-refractivity contribution in [3.63, 3.8) is 0 Å². The Hall–Kier alpha value is -2.00. The molecule has 2 N–H and O–H groups in total. The second-order valence-electron chi connectivity index (χ2n) is 9.43. The Kier molecular flexibility index (Phi) is 8.98. The van der Waals surface area contributed by atoms with Gasteiger partial charge in [0, 0.05) is 12.4 Å². The molecule has 30 heavy (non-hydrogen) atoms.